The highest BCUT2D eigenvalue weighted by atomic mass is 16.3. The maximum absolute atomic E-state index is 13.0. The zero-order valence-electron chi connectivity index (χ0n) is 16.0. The Morgan fingerprint density at radius 2 is 2.10 bits per heavy atom. The summed E-state index contributed by atoms with van der Waals surface area (Å²) in [6.07, 6.45) is 9.27. The molecular formula is C23H22N4O2. The third kappa shape index (κ3) is 4.53. The highest BCUT2D eigenvalue weighted by Crippen LogP contribution is 2.28. The van der Waals surface area contributed by atoms with Crippen molar-refractivity contribution in [1.82, 2.24) is 14.5 Å². The van der Waals surface area contributed by atoms with Gasteiger partial charge in [0.2, 0.25) is 0 Å². The molecule has 2 aromatic heterocycles. The average Bonchev–Trinajstić information content (AvgIpc) is 3.42. The van der Waals surface area contributed by atoms with Crippen molar-refractivity contribution in [3.63, 3.8) is 0 Å². The molecule has 0 amide bonds. The maximum atomic E-state index is 13.0. The van der Waals surface area contributed by atoms with Crippen molar-refractivity contribution < 1.29 is 9.90 Å². The number of ketones is 1. The van der Waals surface area contributed by atoms with E-state index in [-0.39, 0.29) is 18.4 Å². The first-order chi connectivity index (χ1) is 14.2. The molecule has 0 radical (unpaired) electrons. The van der Waals surface area contributed by atoms with Gasteiger partial charge in [0.1, 0.15) is 12.1 Å². The van der Waals surface area contributed by atoms with Crippen LogP contribution in [0.2, 0.25) is 0 Å². The lowest BCUT2D eigenvalue weighted by atomic mass is 10.1. The Balaban J connectivity index is 1.51. The van der Waals surface area contributed by atoms with E-state index in [1.54, 1.807) is 29.2 Å². The highest BCUT2D eigenvalue weighted by molar-refractivity contribution is 6.11. The Hall–Kier alpha value is -3.43. The van der Waals surface area contributed by atoms with Crippen LogP contribution in [-0.2, 0) is 0 Å². The number of aromatic nitrogens is 3. The SMILES string of the molecule is O=C(c1ccn(C#Cc2ccccc2)c1)c1cncnc1NC1CCC(CO)C1. The van der Waals surface area contributed by atoms with Crippen molar-refractivity contribution in [2.24, 2.45) is 5.92 Å². The number of nitrogens with zero attached hydrogens (tertiary/aromatic N) is 3. The fourth-order valence-corrected chi connectivity index (χ4v) is 3.58. The van der Waals surface area contributed by atoms with E-state index in [1.165, 1.54) is 6.33 Å². The first-order valence-corrected chi connectivity index (χ1v) is 9.70. The van der Waals surface area contributed by atoms with E-state index in [1.807, 2.05) is 30.3 Å². The summed E-state index contributed by atoms with van der Waals surface area (Å²) in [7, 11) is 0. The number of aliphatic hydroxyl groups is 1. The van der Waals surface area contributed by atoms with E-state index in [9.17, 15) is 9.90 Å². The van der Waals surface area contributed by atoms with Crippen LogP contribution in [0.5, 0.6) is 0 Å². The molecule has 1 aromatic carbocycles. The summed E-state index contributed by atoms with van der Waals surface area (Å²) < 4.78 is 1.68. The van der Waals surface area contributed by atoms with Crippen LogP contribution in [0.1, 0.15) is 40.7 Å². The van der Waals surface area contributed by atoms with E-state index in [0.717, 1.165) is 24.8 Å². The van der Waals surface area contributed by atoms with Crippen LogP contribution >= 0.6 is 0 Å². The van der Waals surface area contributed by atoms with Crippen molar-refractivity contribution in [3.05, 3.63) is 78.0 Å². The number of carbonyl (C=O) groups excluding carboxylic acids is 1. The second kappa shape index (κ2) is 8.72. The predicted molar refractivity (Wildman–Crippen MR) is 110 cm³/mol. The van der Waals surface area contributed by atoms with Gasteiger partial charge in [-0.2, -0.15) is 0 Å². The van der Waals surface area contributed by atoms with Gasteiger partial charge >= 0.3 is 0 Å². The quantitative estimate of drug-likeness (QED) is 0.521. The van der Waals surface area contributed by atoms with Crippen LogP contribution in [0.25, 0.3) is 0 Å². The minimum Gasteiger partial charge on any atom is -0.396 e. The molecule has 4 rings (SSSR count). The number of rotatable bonds is 5. The molecule has 1 aliphatic rings. The van der Waals surface area contributed by atoms with E-state index in [4.69, 9.17) is 0 Å². The van der Waals surface area contributed by atoms with Gasteiger partial charge in [-0.3, -0.25) is 9.36 Å². The lowest BCUT2D eigenvalue weighted by molar-refractivity contribution is 0.103. The van der Waals surface area contributed by atoms with Crippen molar-refractivity contribution in [2.45, 2.75) is 25.3 Å². The minimum atomic E-state index is -0.148. The van der Waals surface area contributed by atoms with E-state index in [0.29, 0.717) is 22.9 Å². The summed E-state index contributed by atoms with van der Waals surface area (Å²) in [4.78, 5) is 21.3. The van der Waals surface area contributed by atoms with E-state index < -0.39 is 0 Å². The molecular weight excluding hydrogens is 364 g/mol. The molecule has 0 saturated heterocycles. The summed E-state index contributed by atoms with van der Waals surface area (Å²) in [5.74, 6) is 3.77. The second-order valence-corrected chi connectivity index (χ2v) is 7.23. The normalized spacial score (nSPS) is 18.1. The first-order valence-electron chi connectivity index (χ1n) is 9.70. The molecule has 0 aliphatic heterocycles. The van der Waals surface area contributed by atoms with Crippen LogP contribution in [0.15, 0.2) is 61.3 Å². The van der Waals surface area contributed by atoms with Gasteiger partial charge in [-0.05, 0) is 49.3 Å². The number of hydrogen-bond acceptors (Lipinski definition) is 5. The number of hydrogen-bond donors (Lipinski definition) is 2. The predicted octanol–water partition coefficient (Wildman–Crippen LogP) is 2.94. The van der Waals surface area contributed by atoms with Crippen LogP contribution in [0.3, 0.4) is 0 Å². The highest BCUT2D eigenvalue weighted by Gasteiger charge is 2.26. The number of carbonyl (C=O) groups is 1. The Labute approximate surface area is 169 Å². The van der Waals surface area contributed by atoms with Gasteiger partial charge in [-0.25, -0.2) is 9.97 Å². The van der Waals surface area contributed by atoms with Gasteiger partial charge in [0, 0.05) is 48.4 Å². The average molecular weight is 386 g/mol. The van der Waals surface area contributed by atoms with Gasteiger partial charge < -0.3 is 10.4 Å². The largest absolute Gasteiger partial charge is 0.396 e. The number of benzene rings is 1. The van der Waals surface area contributed by atoms with Crippen molar-refractivity contribution >= 4 is 11.6 Å². The molecule has 2 heterocycles. The molecule has 6 nitrogen and oxygen atoms in total. The number of nitrogens with one attached hydrogen (secondary N) is 1. The molecule has 2 unspecified atom stereocenters. The zero-order valence-corrected chi connectivity index (χ0v) is 16.0. The standard InChI is InChI=1S/C23H22N4O2/c28-15-18-6-7-20(12-18)26-23-21(13-24-16-25-23)22(29)19-9-11-27(14-19)10-8-17-4-2-1-3-5-17/h1-5,9,11,13-14,16,18,20,28H,6-7,12,15H2,(H,24,25,26). The fourth-order valence-electron chi connectivity index (χ4n) is 3.58. The van der Waals surface area contributed by atoms with Crippen LogP contribution in [0.4, 0.5) is 5.82 Å². The molecule has 0 spiro atoms. The van der Waals surface area contributed by atoms with Crippen LogP contribution in [0, 0.1) is 17.9 Å². The monoisotopic (exact) mass is 386 g/mol. The van der Waals surface area contributed by atoms with Gasteiger partial charge in [-0.15, -0.1) is 0 Å². The van der Waals surface area contributed by atoms with Gasteiger partial charge in [0.15, 0.2) is 5.78 Å². The van der Waals surface area contributed by atoms with Gasteiger partial charge in [-0.1, -0.05) is 18.2 Å². The van der Waals surface area contributed by atoms with Gasteiger partial charge in [0.25, 0.3) is 0 Å². The molecule has 1 fully saturated rings. The lowest BCUT2D eigenvalue weighted by Gasteiger charge is -2.15. The molecule has 2 atom stereocenters. The summed E-state index contributed by atoms with van der Waals surface area (Å²) >= 11 is 0. The Morgan fingerprint density at radius 1 is 1.24 bits per heavy atom. The molecule has 0 bridgehead atoms. The third-order valence-corrected chi connectivity index (χ3v) is 5.16. The molecule has 1 saturated carbocycles. The summed E-state index contributed by atoms with van der Waals surface area (Å²) in [5, 5.41) is 12.7. The number of anilines is 1. The van der Waals surface area contributed by atoms with Crippen molar-refractivity contribution in [2.75, 3.05) is 11.9 Å². The molecule has 3 aromatic rings. The molecule has 146 valence electrons. The Bertz CT molecular complexity index is 1050. The topological polar surface area (TPSA) is 80.0 Å². The zero-order chi connectivity index (χ0) is 20.1. The molecule has 2 N–H and O–H groups in total. The van der Waals surface area contributed by atoms with Crippen LogP contribution in [-0.4, -0.2) is 38.1 Å². The Kier molecular flexibility index (Phi) is 5.68. The summed E-state index contributed by atoms with van der Waals surface area (Å²) in [6.45, 7) is 0.200. The van der Waals surface area contributed by atoms with Crippen LogP contribution < -0.4 is 5.32 Å². The molecule has 29 heavy (non-hydrogen) atoms. The minimum absolute atomic E-state index is 0.148. The first kappa shape index (κ1) is 18.9. The Morgan fingerprint density at radius 3 is 2.90 bits per heavy atom. The summed E-state index contributed by atoms with van der Waals surface area (Å²) in [5.41, 5.74) is 1.88. The van der Waals surface area contributed by atoms with E-state index >= 15 is 0 Å². The number of aliphatic hydroxyl groups excluding tert-OH is 1. The molecule has 1 aliphatic carbocycles. The molecule has 6 heteroatoms. The maximum Gasteiger partial charge on any atom is 0.199 e. The van der Waals surface area contributed by atoms with Crippen molar-refractivity contribution in [3.8, 4) is 12.0 Å². The second-order valence-electron chi connectivity index (χ2n) is 7.23. The smallest absolute Gasteiger partial charge is 0.199 e. The third-order valence-electron chi connectivity index (χ3n) is 5.16. The summed E-state index contributed by atoms with van der Waals surface area (Å²) in [6, 6.07) is 14.7. The lowest BCUT2D eigenvalue weighted by Crippen LogP contribution is -2.19. The van der Waals surface area contributed by atoms with Gasteiger partial charge in [0.05, 0.1) is 5.56 Å². The fraction of sp³-hybridized carbons (Fsp3) is 0.261. The van der Waals surface area contributed by atoms with E-state index in [2.05, 4.69) is 27.2 Å². The van der Waals surface area contributed by atoms with Crippen molar-refractivity contribution in [1.29, 1.82) is 0 Å².